The number of benzene rings is 2. The lowest BCUT2D eigenvalue weighted by molar-refractivity contribution is -0.112. The molecule has 1 amide bonds. The van der Waals surface area contributed by atoms with Crippen molar-refractivity contribution in [3.63, 3.8) is 0 Å². The highest BCUT2D eigenvalue weighted by Gasteiger charge is 2.11. The number of carbonyl (C=O) groups excluding carboxylic acids is 1. The van der Waals surface area contributed by atoms with Gasteiger partial charge in [0.2, 0.25) is 0 Å². The van der Waals surface area contributed by atoms with Crippen molar-refractivity contribution < 1.29 is 4.79 Å². The van der Waals surface area contributed by atoms with Crippen molar-refractivity contribution in [1.82, 2.24) is 0 Å². The van der Waals surface area contributed by atoms with Gasteiger partial charge in [-0.3, -0.25) is 4.79 Å². The van der Waals surface area contributed by atoms with E-state index in [0.29, 0.717) is 10.7 Å². The molecule has 0 aliphatic carbocycles. The molecule has 5 heteroatoms. The highest BCUT2D eigenvalue weighted by Crippen LogP contribution is 2.23. The predicted molar refractivity (Wildman–Crippen MR) is 98.1 cm³/mol. The van der Waals surface area contributed by atoms with Gasteiger partial charge in [0, 0.05) is 22.6 Å². The number of rotatable bonds is 4. The van der Waals surface area contributed by atoms with Crippen LogP contribution in [0.2, 0.25) is 5.02 Å². The summed E-state index contributed by atoms with van der Waals surface area (Å²) in [5, 5.41) is 15.5. The zero-order chi connectivity index (χ0) is 17.7. The molecule has 4 nitrogen and oxygen atoms in total. The van der Waals surface area contributed by atoms with Gasteiger partial charge in [-0.05, 0) is 61.7 Å². The van der Waals surface area contributed by atoms with E-state index in [0.717, 1.165) is 22.4 Å². The van der Waals surface area contributed by atoms with Crippen LogP contribution in [0, 0.1) is 32.1 Å². The monoisotopic (exact) mass is 339 g/mol. The smallest absolute Gasteiger partial charge is 0.267 e. The number of nitriles is 1. The molecule has 2 N–H and O–H groups in total. The fraction of sp³-hybridized carbons (Fsp3) is 0.158. The molecule has 0 spiro atoms. The standard InChI is InChI=1S/C19H18ClN3O/c1-12-7-13(2)9-16(8-12)22-11-15(10-21)19(24)23-18-6-4-5-17(20)14(18)3/h4-9,11,22H,1-3H3,(H,23,24)/b15-11-. The van der Waals surface area contributed by atoms with E-state index in [1.807, 2.05) is 39.0 Å². The lowest BCUT2D eigenvalue weighted by Gasteiger charge is -2.09. The fourth-order valence-electron chi connectivity index (χ4n) is 2.29. The second-order valence-electron chi connectivity index (χ2n) is 5.56. The number of amides is 1. The maximum atomic E-state index is 12.3. The molecule has 2 aromatic carbocycles. The third kappa shape index (κ3) is 4.37. The van der Waals surface area contributed by atoms with E-state index in [2.05, 4.69) is 16.7 Å². The summed E-state index contributed by atoms with van der Waals surface area (Å²) in [7, 11) is 0. The van der Waals surface area contributed by atoms with Crippen molar-refractivity contribution >= 4 is 28.9 Å². The van der Waals surface area contributed by atoms with Crippen LogP contribution in [0.15, 0.2) is 48.2 Å². The van der Waals surface area contributed by atoms with Gasteiger partial charge in [-0.25, -0.2) is 0 Å². The largest absolute Gasteiger partial charge is 0.360 e. The number of anilines is 2. The van der Waals surface area contributed by atoms with Crippen LogP contribution in [0.3, 0.4) is 0 Å². The molecule has 0 radical (unpaired) electrons. The number of hydrogen-bond donors (Lipinski definition) is 2. The van der Waals surface area contributed by atoms with Gasteiger partial charge in [0.15, 0.2) is 0 Å². The molecule has 0 aromatic heterocycles. The number of nitrogens with one attached hydrogen (secondary N) is 2. The topological polar surface area (TPSA) is 64.9 Å². The van der Waals surface area contributed by atoms with Crippen molar-refractivity contribution in [1.29, 1.82) is 5.26 Å². The van der Waals surface area contributed by atoms with Crippen molar-refractivity contribution in [3.05, 3.63) is 69.9 Å². The first-order valence-corrected chi connectivity index (χ1v) is 7.80. The second kappa shape index (κ2) is 7.67. The van der Waals surface area contributed by atoms with Gasteiger partial charge in [0.25, 0.3) is 5.91 Å². The molecule has 0 aliphatic rings. The molecule has 0 saturated heterocycles. The summed E-state index contributed by atoms with van der Waals surface area (Å²) in [5.41, 5.74) is 4.35. The molecule has 0 bridgehead atoms. The Morgan fingerprint density at radius 2 is 1.83 bits per heavy atom. The Hall–Kier alpha value is -2.77. The van der Waals surface area contributed by atoms with Crippen LogP contribution in [0.1, 0.15) is 16.7 Å². The van der Waals surface area contributed by atoms with Crippen molar-refractivity contribution in [3.8, 4) is 6.07 Å². The Morgan fingerprint density at radius 1 is 1.17 bits per heavy atom. The molecular formula is C19H18ClN3O. The number of nitrogens with zero attached hydrogens (tertiary/aromatic N) is 1. The maximum absolute atomic E-state index is 12.3. The number of halogens is 1. The minimum absolute atomic E-state index is 0.0199. The van der Waals surface area contributed by atoms with E-state index >= 15 is 0 Å². The lowest BCUT2D eigenvalue weighted by Crippen LogP contribution is -2.15. The van der Waals surface area contributed by atoms with E-state index in [4.69, 9.17) is 11.6 Å². The predicted octanol–water partition coefficient (Wildman–Crippen LogP) is 4.72. The first kappa shape index (κ1) is 17.6. The molecule has 0 unspecified atom stereocenters. The molecule has 0 fully saturated rings. The molecule has 122 valence electrons. The summed E-state index contributed by atoms with van der Waals surface area (Å²) in [6.07, 6.45) is 1.41. The van der Waals surface area contributed by atoms with Gasteiger partial charge in [-0.1, -0.05) is 23.7 Å². The normalized spacial score (nSPS) is 10.9. The average molecular weight is 340 g/mol. The Kier molecular flexibility index (Phi) is 5.62. The Balaban J connectivity index is 2.16. The average Bonchev–Trinajstić information content (AvgIpc) is 2.51. The number of carbonyl (C=O) groups is 1. The summed E-state index contributed by atoms with van der Waals surface area (Å²) in [4.78, 5) is 12.3. The van der Waals surface area contributed by atoms with Gasteiger partial charge in [-0.2, -0.15) is 5.26 Å². The third-order valence-corrected chi connectivity index (χ3v) is 3.90. The van der Waals surface area contributed by atoms with E-state index in [9.17, 15) is 10.1 Å². The summed E-state index contributed by atoms with van der Waals surface area (Å²) in [5.74, 6) is -0.486. The van der Waals surface area contributed by atoms with E-state index in [1.165, 1.54) is 6.20 Å². The first-order valence-electron chi connectivity index (χ1n) is 7.42. The van der Waals surface area contributed by atoms with Crippen LogP contribution in [0.5, 0.6) is 0 Å². The van der Waals surface area contributed by atoms with Gasteiger partial charge in [-0.15, -0.1) is 0 Å². The van der Waals surface area contributed by atoms with E-state index < -0.39 is 5.91 Å². The maximum Gasteiger partial charge on any atom is 0.267 e. The van der Waals surface area contributed by atoms with Crippen molar-refractivity contribution in [2.45, 2.75) is 20.8 Å². The number of aryl methyl sites for hydroxylation is 2. The summed E-state index contributed by atoms with van der Waals surface area (Å²) >= 11 is 6.04. The van der Waals surface area contributed by atoms with E-state index in [1.54, 1.807) is 18.2 Å². The summed E-state index contributed by atoms with van der Waals surface area (Å²) in [6, 6.07) is 13.1. The van der Waals surface area contributed by atoms with Gasteiger partial charge < -0.3 is 10.6 Å². The molecule has 24 heavy (non-hydrogen) atoms. The van der Waals surface area contributed by atoms with Crippen molar-refractivity contribution in [2.24, 2.45) is 0 Å². The SMILES string of the molecule is Cc1cc(C)cc(N/C=C(/C#N)C(=O)Nc2cccc(Cl)c2C)c1. The Labute approximate surface area is 146 Å². The fourth-order valence-corrected chi connectivity index (χ4v) is 2.47. The lowest BCUT2D eigenvalue weighted by atomic mass is 10.1. The van der Waals surface area contributed by atoms with Gasteiger partial charge >= 0.3 is 0 Å². The quantitative estimate of drug-likeness (QED) is 0.625. The molecule has 0 heterocycles. The van der Waals surface area contributed by atoms with Crippen LogP contribution in [-0.2, 0) is 4.79 Å². The highest BCUT2D eigenvalue weighted by atomic mass is 35.5. The zero-order valence-corrected chi connectivity index (χ0v) is 14.5. The highest BCUT2D eigenvalue weighted by molar-refractivity contribution is 6.31. The summed E-state index contributed by atoms with van der Waals surface area (Å²) in [6.45, 7) is 5.78. The third-order valence-electron chi connectivity index (χ3n) is 3.49. The van der Waals surface area contributed by atoms with Gasteiger partial charge in [0.05, 0.1) is 0 Å². The molecule has 0 saturated carbocycles. The summed E-state index contributed by atoms with van der Waals surface area (Å²) < 4.78 is 0. The minimum Gasteiger partial charge on any atom is -0.360 e. The molecule has 2 aromatic rings. The van der Waals surface area contributed by atoms with Crippen LogP contribution in [0.4, 0.5) is 11.4 Å². The molecule has 2 rings (SSSR count). The van der Waals surface area contributed by atoms with Crippen LogP contribution in [-0.4, -0.2) is 5.91 Å². The van der Waals surface area contributed by atoms with Crippen LogP contribution in [0.25, 0.3) is 0 Å². The second-order valence-corrected chi connectivity index (χ2v) is 5.96. The Bertz CT molecular complexity index is 830. The van der Waals surface area contributed by atoms with E-state index in [-0.39, 0.29) is 5.57 Å². The molecule has 0 atom stereocenters. The minimum atomic E-state index is -0.486. The van der Waals surface area contributed by atoms with Crippen LogP contribution < -0.4 is 10.6 Å². The number of hydrogen-bond acceptors (Lipinski definition) is 3. The van der Waals surface area contributed by atoms with Crippen LogP contribution >= 0.6 is 11.6 Å². The Morgan fingerprint density at radius 3 is 2.46 bits per heavy atom. The molecule has 0 aliphatic heterocycles. The molecular weight excluding hydrogens is 322 g/mol. The van der Waals surface area contributed by atoms with Crippen molar-refractivity contribution in [2.75, 3.05) is 10.6 Å². The first-order chi connectivity index (χ1) is 11.4. The zero-order valence-electron chi connectivity index (χ0n) is 13.8. The van der Waals surface area contributed by atoms with Gasteiger partial charge in [0.1, 0.15) is 11.6 Å².